The average molecular weight is 280 g/mol. The Balaban J connectivity index is 2.06. The Bertz CT molecular complexity index is 446. The van der Waals surface area contributed by atoms with Crippen LogP contribution in [0.15, 0.2) is 18.3 Å². The van der Waals surface area contributed by atoms with Crippen LogP contribution in [0.3, 0.4) is 0 Å². The first-order chi connectivity index (χ1) is 9.02. The molecular formula is C13H20N4OS. The van der Waals surface area contributed by atoms with Gasteiger partial charge in [0.1, 0.15) is 5.82 Å². The van der Waals surface area contributed by atoms with Crippen molar-refractivity contribution in [2.24, 2.45) is 5.84 Å². The number of nitrogen functional groups attached to an aromatic ring is 1. The highest BCUT2D eigenvalue weighted by molar-refractivity contribution is 8.00. The van der Waals surface area contributed by atoms with Gasteiger partial charge in [0.05, 0.1) is 5.56 Å². The first-order valence-corrected chi connectivity index (χ1v) is 7.36. The molecule has 1 saturated heterocycles. The number of carbonyl (C=O) groups excluding carboxylic acids is 1. The van der Waals surface area contributed by atoms with Gasteiger partial charge >= 0.3 is 0 Å². The van der Waals surface area contributed by atoms with Crippen molar-refractivity contribution in [3.63, 3.8) is 0 Å². The molecule has 0 bridgehead atoms. The number of nitrogens with zero attached hydrogens (tertiary/aromatic N) is 2. The standard InChI is InChI=1S/C13H20N4OS/c1-13(2)5-6-17(7-8-19-13)12(18)10-3-4-11(16-14)15-9-10/h3-4,9H,5-8,14H2,1-2H3,(H,15,16). The molecule has 1 aromatic heterocycles. The summed E-state index contributed by atoms with van der Waals surface area (Å²) in [4.78, 5) is 18.4. The van der Waals surface area contributed by atoms with Crippen LogP contribution in [0.5, 0.6) is 0 Å². The predicted octanol–water partition coefficient (Wildman–Crippen LogP) is 1.72. The summed E-state index contributed by atoms with van der Waals surface area (Å²) >= 11 is 1.93. The maximum atomic E-state index is 12.4. The molecule has 0 aliphatic carbocycles. The maximum Gasteiger partial charge on any atom is 0.255 e. The van der Waals surface area contributed by atoms with Crippen LogP contribution < -0.4 is 11.3 Å². The third-order valence-electron chi connectivity index (χ3n) is 3.28. The van der Waals surface area contributed by atoms with Crippen LogP contribution in [0.2, 0.25) is 0 Å². The molecule has 1 aliphatic heterocycles. The van der Waals surface area contributed by atoms with Gasteiger partial charge in [0.15, 0.2) is 0 Å². The van der Waals surface area contributed by atoms with Crippen LogP contribution >= 0.6 is 11.8 Å². The van der Waals surface area contributed by atoms with Gasteiger partial charge in [-0.2, -0.15) is 11.8 Å². The van der Waals surface area contributed by atoms with E-state index in [0.29, 0.717) is 11.4 Å². The molecule has 0 unspecified atom stereocenters. The number of amides is 1. The second-order valence-electron chi connectivity index (χ2n) is 5.23. The van der Waals surface area contributed by atoms with Crippen molar-refractivity contribution >= 4 is 23.5 Å². The molecule has 0 atom stereocenters. The van der Waals surface area contributed by atoms with E-state index in [-0.39, 0.29) is 10.7 Å². The van der Waals surface area contributed by atoms with Crippen LogP contribution in [0.4, 0.5) is 5.82 Å². The van der Waals surface area contributed by atoms with E-state index in [1.165, 1.54) is 0 Å². The van der Waals surface area contributed by atoms with E-state index in [0.717, 1.165) is 25.3 Å². The number of nitrogens with two attached hydrogens (primary N) is 1. The van der Waals surface area contributed by atoms with Gasteiger partial charge in [0.2, 0.25) is 0 Å². The molecule has 2 rings (SSSR count). The summed E-state index contributed by atoms with van der Waals surface area (Å²) in [5, 5.41) is 0. The van der Waals surface area contributed by atoms with E-state index >= 15 is 0 Å². The summed E-state index contributed by atoms with van der Waals surface area (Å²) in [5.41, 5.74) is 3.07. The Hall–Kier alpha value is -1.27. The van der Waals surface area contributed by atoms with Gasteiger partial charge in [-0.05, 0) is 18.6 Å². The zero-order valence-corrected chi connectivity index (χ0v) is 12.2. The van der Waals surface area contributed by atoms with Gasteiger partial charge in [0.25, 0.3) is 5.91 Å². The highest BCUT2D eigenvalue weighted by Gasteiger charge is 2.26. The van der Waals surface area contributed by atoms with Crippen LogP contribution in [0.1, 0.15) is 30.6 Å². The number of pyridine rings is 1. The van der Waals surface area contributed by atoms with Gasteiger partial charge in [-0.1, -0.05) is 13.8 Å². The predicted molar refractivity (Wildman–Crippen MR) is 79.1 cm³/mol. The minimum Gasteiger partial charge on any atom is -0.338 e. The second kappa shape index (κ2) is 5.79. The van der Waals surface area contributed by atoms with E-state index in [4.69, 9.17) is 5.84 Å². The lowest BCUT2D eigenvalue weighted by molar-refractivity contribution is 0.0764. The fraction of sp³-hybridized carbons (Fsp3) is 0.538. The Morgan fingerprint density at radius 3 is 2.89 bits per heavy atom. The van der Waals surface area contributed by atoms with Crippen LogP contribution in [0, 0.1) is 0 Å². The monoisotopic (exact) mass is 280 g/mol. The topological polar surface area (TPSA) is 71.2 Å². The van der Waals surface area contributed by atoms with E-state index in [1.54, 1.807) is 18.3 Å². The lowest BCUT2D eigenvalue weighted by atomic mass is 10.1. The molecule has 0 spiro atoms. The summed E-state index contributed by atoms with van der Waals surface area (Å²) in [7, 11) is 0. The van der Waals surface area contributed by atoms with E-state index in [2.05, 4.69) is 24.3 Å². The van der Waals surface area contributed by atoms with E-state index < -0.39 is 0 Å². The quantitative estimate of drug-likeness (QED) is 0.637. The van der Waals surface area contributed by atoms with E-state index in [9.17, 15) is 4.79 Å². The van der Waals surface area contributed by atoms with Gasteiger partial charge in [-0.15, -0.1) is 0 Å². The normalized spacial score (nSPS) is 18.8. The minimum atomic E-state index is 0.0503. The molecule has 3 N–H and O–H groups in total. The first-order valence-electron chi connectivity index (χ1n) is 6.38. The van der Waals surface area contributed by atoms with Crippen molar-refractivity contribution in [1.82, 2.24) is 9.88 Å². The van der Waals surface area contributed by atoms with Gasteiger partial charge in [-0.25, -0.2) is 10.8 Å². The first kappa shape index (κ1) is 14.1. The van der Waals surface area contributed by atoms with Crippen LogP contribution in [0.25, 0.3) is 0 Å². The zero-order chi connectivity index (χ0) is 13.9. The number of anilines is 1. The fourth-order valence-electron chi connectivity index (χ4n) is 2.01. The molecule has 19 heavy (non-hydrogen) atoms. The number of nitrogens with one attached hydrogen (secondary N) is 1. The lowest BCUT2D eigenvalue weighted by Crippen LogP contribution is -2.33. The third-order valence-corrected chi connectivity index (χ3v) is 4.66. The van der Waals surface area contributed by atoms with Crippen LogP contribution in [-0.4, -0.2) is 39.4 Å². The molecular weight excluding hydrogens is 260 g/mol. The van der Waals surface area contributed by atoms with Crippen molar-refractivity contribution in [2.45, 2.75) is 25.0 Å². The van der Waals surface area contributed by atoms with Crippen molar-refractivity contribution in [2.75, 3.05) is 24.3 Å². The molecule has 2 heterocycles. The number of thioether (sulfide) groups is 1. The molecule has 0 aromatic carbocycles. The van der Waals surface area contributed by atoms with Crippen molar-refractivity contribution in [3.05, 3.63) is 23.9 Å². The van der Waals surface area contributed by atoms with Crippen LogP contribution in [-0.2, 0) is 0 Å². The van der Waals surface area contributed by atoms with Gasteiger partial charge in [0, 0.05) is 29.8 Å². The molecule has 5 nitrogen and oxygen atoms in total. The SMILES string of the molecule is CC1(C)CCN(C(=O)c2ccc(NN)nc2)CCS1. The smallest absolute Gasteiger partial charge is 0.255 e. The minimum absolute atomic E-state index is 0.0503. The molecule has 1 fully saturated rings. The Labute approximate surface area is 117 Å². The lowest BCUT2D eigenvalue weighted by Gasteiger charge is -2.22. The number of hydrazine groups is 1. The molecule has 104 valence electrons. The summed E-state index contributed by atoms with van der Waals surface area (Å²) in [5.74, 6) is 6.85. The third kappa shape index (κ3) is 3.61. The molecule has 0 saturated carbocycles. The summed E-state index contributed by atoms with van der Waals surface area (Å²) in [6.45, 7) is 6.06. The molecule has 1 amide bonds. The summed E-state index contributed by atoms with van der Waals surface area (Å²) < 4.78 is 0.251. The summed E-state index contributed by atoms with van der Waals surface area (Å²) in [6, 6.07) is 3.47. The van der Waals surface area contributed by atoms with Crippen molar-refractivity contribution < 1.29 is 4.79 Å². The van der Waals surface area contributed by atoms with E-state index in [1.807, 2.05) is 16.7 Å². The average Bonchev–Trinajstić information content (AvgIpc) is 2.59. The maximum absolute atomic E-state index is 12.4. The largest absolute Gasteiger partial charge is 0.338 e. The summed E-state index contributed by atoms with van der Waals surface area (Å²) in [6.07, 6.45) is 2.58. The second-order valence-corrected chi connectivity index (χ2v) is 7.03. The number of rotatable bonds is 2. The van der Waals surface area contributed by atoms with Gasteiger partial charge < -0.3 is 10.3 Å². The fourth-order valence-corrected chi connectivity index (χ4v) is 3.11. The molecule has 1 aromatic rings. The number of aromatic nitrogens is 1. The number of hydrogen-bond acceptors (Lipinski definition) is 5. The Kier molecular flexibility index (Phi) is 4.31. The van der Waals surface area contributed by atoms with Gasteiger partial charge in [-0.3, -0.25) is 4.79 Å². The van der Waals surface area contributed by atoms with Crippen molar-refractivity contribution in [1.29, 1.82) is 0 Å². The highest BCUT2D eigenvalue weighted by atomic mass is 32.2. The zero-order valence-electron chi connectivity index (χ0n) is 11.3. The number of hydrogen-bond donors (Lipinski definition) is 2. The molecule has 0 radical (unpaired) electrons. The van der Waals surface area contributed by atoms with Crippen molar-refractivity contribution in [3.8, 4) is 0 Å². The highest BCUT2D eigenvalue weighted by Crippen LogP contribution is 2.31. The molecule has 1 aliphatic rings. The number of carbonyl (C=O) groups is 1. The molecule has 6 heteroatoms. The Morgan fingerprint density at radius 2 is 2.26 bits per heavy atom. The Morgan fingerprint density at radius 1 is 1.47 bits per heavy atom.